The Labute approximate surface area is 119 Å². The van der Waals surface area contributed by atoms with Crippen molar-refractivity contribution in [3.05, 3.63) is 35.4 Å². The number of ether oxygens (including phenoxy) is 1. The van der Waals surface area contributed by atoms with Crippen LogP contribution in [0, 0.1) is 12.8 Å². The summed E-state index contributed by atoms with van der Waals surface area (Å²) in [5.41, 5.74) is 2.55. The Hall–Kier alpha value is -0.820. The van der Waals surface area contributed by atoms with Gasteiger partial charge in [-0.3, -0.25) is 0 Å². The van der Waals surface area contributed by atoms with Crippen LogP contribution in [-0.2, 0) is 11.3 Å². The molecule has 1 aromatic carbocycles. The Morgan fingerprint density at radius 2 is 1.79 bits per heavy atom. The van der Waals surface area contributed by atoms with Crippen LogP contribution in [0.1, 0.15) is 64.5 Å². The molecule has 0 saturated carbocycles. The fourth-order valence-electron chi connectivity index (χ4n) is 2.12. The van der Waals surface area contributed by atoms with Gasteiger partial charge in [0.15, 0.2) is 0 Å². The third kappa shape index (κ3) is 6.77. The summed E-state index contributed by atoms with van der Waals surface area (Å²) in [5.74, 6) is 0.841. The van der Waals surface area contributed by atoms with Crippen molar-refractivity contribution < 1.29 is 4.74 Å². The molecule has 0 aliphatic carbocycles. The lowest BCUT2D eigenvalue weighted by atomic mass is 9.95. The molecular weight excluding hydrogens is 232 g/mol. The van der Waals surface area contributed by atoms with Crippen LogP contribution in [0.4, 0.5) is 0 Å². The zero-order valence-electron chi connectivity index (χ0n) is 13.3. The third-order valence-electron chi connectivity index (χ3n) is 3.92. The topological polar surface area (TPSA) is 9.23 Å². The Morgan fingerprint density at radius 1 is 1.16 bits per heavy atom. The van der Waals surface area contributed by atoms with Crippen molar-refractivity contribution in [3.8, 4) is 0 Å². The second-order valence-electron chi connectivity index (χ2n) is 6.44. The zero-order valence-corrected chi connectivity index (χ0v) is 13.3. The summed E-state index contributed by atoms with van der Waals surface area (Å²) >= 11 is 0. The second-order valence-corrected chi connectivity index (χ2v) is 6.44. The molecule has 0 saturated heterocycles. The van der Waals surface area contributed by atoms with Gasteiger partial charge in [-0.1, -0.05) is 62.9 Å². The first-order valence-corrected chi connectivity index (χ1v) is 7.62. The molecule has 0 aromatic heterocycles. The van der Waals surface area contributed by atoms with Gasteiger partial charge in [-0.25, -0.2) is 0 Å². The van der Waals surface area contributed by atoms with Crippen molar-refractivity contribution in [2.24, 2.45) is 5.92 Å². The maximum atomic E-state index is 6.07. The predicted octanol–water partition coefficient (Wildman–Crippen LogP) is 5.51. The minimum atomic E-state index is -0.0155. The lowest BCUT2D eigenvalue weighted by molar-refractivity contribution is -0.0369. The molecule has 0 heterocycles. The summed E-state index contributed by atoms with van der Waals surface area (Å²) in [5, 5.41) is 0. The van der Waals surface area contributed by atoms with Crippen LogP contribution in [-0.4, -0.2) is 5.60 Å². The van der Waals surface area contributed by atoms with Gasteiger partial charge in [-0.15, -0.1) is 0 Å². The summed E-state index contributed by atoms with van der Waals surface area (Å²) in [6.07, 6.45) is 5.00. The monoisotopic (exact) mass is 262 g/mol. The molecule has 0 N–H and O–H groups in total. The zero-order chi connectivity index (χ0) is 14.3. The first kappa shape index (κ1) is 16.2. The van der Waals surface area contributed by atoms with Crippen LogP contribution in [0.25, 0.3) is 0 Å². The van der Waals surface area contributed by atoms with Crippen LogP contribution >= 0.6 is 0 Å². The molecule has 0 aliphatic heterocycles. The maximum absolute atomic E-state index is 6.07. The van der Waals surface area contributed by atoms with Gasteiger partial charge in [0.1, 0.15) is 0 Å². The highest BCUT2D eigenvalue weighted by atomic mass is 16.5. The molecule has 108 valence electrons. The summed E-state index contributed by atoms with van der Waals surface area (Å²) in [4.78, 5) is 0. The van der Waals surface area contributed by atoms with Crippen LogP contribution in [0.15, 0.2) is 24.3 Å². The fourth-order valence-corrected chi connectivity index (χ4v) is 2.12. The van der Waals surface area contributed by atoms with E-state index < -0.39 is 0 Å². The number of aryl methyl sites for hydroxylation is 1. The molecule has 1 aromatic rings. The van der Waals surface area contributed by atoms with E-state index in [1.165, 1.54) is 30.4 Å². The summed E-state index contributed by atoms with van der Waals surface area (Å²) < 4.78 is 6.07. The summed E-state index contributed by atoms with van der Waals surface area (Å²) in [6, 6.07) is 8.61. The molecule has 0 bridgehead atoms. The molecule has 19 heavy (non-hydrogen) atoms. The van der Waals surface area contributed by atoms with E-state index in [4.69, 9.17) is 4.74 Å². The standard InChI is InChI=1S/C18H30O/c1-6-15(2)8-7-13-18(4,5)19-14-17-11-9-16(3)10-12-17/h9-12,15H,6-8,13-14H2,1-5H3. The Kier molecular flexibility index (Phi) is 6.57. The molecule has 0 aliphatic rings. The molecule has 0 fully saturated rings. The first-order valence-electron chi connectivity index (χ1n) is 7.62. The predicted molar refractivity (Wildman–Crippen MR) is 83.4 cm³/mol. The molecule has 1 heteroatoms. The lowest BCUT2D eigenvalue weighted by Gasteiger charge is -2.26. The first-order chi connectivity index (χ1) is 8.93. The molecule has 0 spiro atoms. The highest BCUT2D eigenvalue weighted by Gasteiger charge is 2.18. The highest BCUT2D eigenvalue weighted by Crippen LogP contribution is 2.22. The molecular formula is C18H30O. The fraction of sp³-hybridized carbons (Fsp3) is 0.667. The molecule has 0 amide bonds. The van der Waals surface area contributed by atoms with Crippen LogP contribution in [0.3, 0.4) is 0 Å². The van der Waals surface area contributed by atoms with Crippen molar-refractivity contribution in [2.75, 3.05) is 0 Å². The largest absolute Gasteiger partial charge is 0.371 e. The van der Waals surface area contributed by atoms with Crippen LogP contribution < -0.4 is 0 Å². The normalized spacial score (nSPS) is 13.5. The number of hydrogen-bond donors (Lipinski definition) is 0. The smallest absolute Gasteiger partial charge is 0.0724 e. The van der Waals surface area contributed by atoms with Gasteiger partial charge < -0.3 is 4.74 Å². The molecule has 1 atom stereocenters. The van der Waals surface area contributed by atoms with Crippen LogP contribution in [0.5, 0.6) is 0 Å². The van der Waals surface area contributed by atoms with Crippen molar-refractivity contribution in [2.45, 2.75) is 72.5 Å². The van der Waals surface area contributed by atoms with Gasteiger partial charge in [-0.05, 0) is 38.7 Å². The van der Waals surface area contributed by atoms with Gasteiger partial charge in [0.2, 0.25) is 0 Å². The van der Waals surface area contributed by atoms with E-state index >= 15 is 0 Å². The summed E-state index contributed by atoms with van der Waals surface area (Å²) in [6.45, 7) is 11.8. The third-order valence-corrected chi connectivity index (χ3v) is 3.92. The van der Waals surface area contributed by atoms with Crippen LogP contribution in [0.2, 0.25) is 0 Å². The highest BCUT2D eigenvalue weighted by molar-refractivity contribution is 5.20. The van der Waals surface area contributed by atoms with Gasteiger partial charge in [0, 0.05) is 0 Å². The van der Waals surface area contributed by atoms with E-state index in [0.717, 1.165) is 18.9 Å². The SMILES string of the molecule is CCC(C)CCCC(C)(C)OCc1ccc(C)cc1. The molecule has 1 rings (SSSR count). The average molecular weight is 262 g/mol. The molecule has 0 radical (unpaired) electrons. The van der Waals surface area contributed by atoms with Gasteiger partial charge in [-0.2, -0.15) is 0 Å². The van der Waals surface area contributed by atoms with Gasteiger partial charge >= 0.3 is 0 Å². The van der Waals surface area contributed by atoms with E-state index in [1.54, 1.807) is 0 Å². The number of benzene rings is 1. The number of hydrogen-bond acceptors (Lipinski definition) is 1. The van der Waals surface area contributed by atoms with E-state index in [-0.39, 0.29) is 5.60 Å². The van der Waals surface area contributed by atoms with Crippen molar-refractivity contribution in [1.82, 2.24) is 0 Å². The van der Waals surface area contributed by atoms with E-state index in [9.17, 15) is 0 Å². The van der Waals surface area contributed by atoms with Gasteiger partial charge in [0.05, 0.1) is 12.2 Å². The Morgan fingerprint density at radius 3 is 2.37 bits per heavy atom. The van der Waals surface area contributed by atoms with E-state index in [2.05, 4.69) is 58.9 Å². The molecule has 1 unspecified atom stereocenters. The molecule has 1 nitrogen and oxygen atoms in total. The lowest BCUT2D eigenvalue weighted by Crippen LogP contribution is -2.24. The van der Waals surface area contributed by atoms with Crippen molar-refractivity contribution >= 4 is 0 Å². The van der Waals surface area contributed by atoms with Crippen molar-refractivity contribution in [1.29, 1.82) is 0 Å². The Bertz CT molecular complexity index is 350. The second kappa shape index (κ2) is 7.69. The quantitative estimate of drug-likeness (QED) is 0.600. The Balaban J connectivity index is 2.31. The van der Waals surface area contributed by atoms with E-state index in [1.807, 2.05) is 0 Å². The number of rotatable bonds is 8. The van der Waals surface area contributed by atoms with Gasteiger partial charge in [0.25, 0.3) is 0 Å². The minimum Gasteiger partial charge on any atom is -0.371 e. The maximum Gasteiger partial charge on any atom is 0.0724 e. The van der Waals surface area contributed by atoms with E-state index in [0.29, 0.717) is 0 Å². The minimum absolute atomic E-state index is 0.0155. The van der Waals surface area contributed by atoms with Crippen molar-refractivity contribution in [3.63, 3.8) is 0 Å². The average Bonchev–Trinajstić information content (AvgIpc) is 2.38. The summed E-state index contributed by atoms with van der Waals surface area (Å²) in [7, 11) is 0.